The quantitative estimate of drug-likeness (QED) is 0.789. The molecule has 2 heterocycles. The molecule has 0 amide bonds. The van der Waals surface area contributed by atoms with Crippen molar-refractivity contribution in [2.75, 3.05) is 0 Å². The summed E-state index contributed by atoms with van der Waals surface area (Å²) in [6.45, 7) is 1.09. The fourth-order valence-corrected chi connectivity index (χ4v) is 1.70. The highest BCUT2D eigenvalue weighted by Crippen LogP contribution is 2.36. The van der Waals surface area contributed by atoms with Gasteiger partial charge in [-0.25, -0.2) is 0 Å². The highest BCUT2D eigenvalue weighted by atomic mass is 16.7. The maximum Gasteiger partial charge on any atom is 0.514 e. The fourth-order valence-electron chi connectivity index (χ4n) is 1.70. The Morgan fingerprint density at radius 2 is 1.95 bits per heavy atom. The molecule has 1 aliphatic rings. The first-order chi connectivity index (χ1) is 11.5. The van der Waals surface area contributed by atoms with E-state index in [1.807, 2.05) is 27.7 Å². The lowest BCUT2D eigenvalue weighted by Crippen LogP contribution is -2.41. The van der Waals surface area contributed by atoms with E-state index in [-0.39, 0.29) is 5.75 Å². The first-order valence-electron chi connectivity index (χ1n) is 9.51. The third-order valence-corrected chi connectivity index (χ3v) is 3.47. The van der Waals surface area contributed by atoms with Crippen LogP contribution in [0.2, 0.25) is 0 Å². The van der Waals surface area contributed by atoms with E-state index in [4.69, 9.17) is 23.6 Å². The van der Waals surface area contributed by atoms with Gasteiger partial charge in [-0.1, -0.05) is 0 Å². The van der Waals surface area contributed by atoms with Crippen LogP contribution in [0, 0.1) is 0 Å². The van der Waals surface area contributed by atoms with E-state index in [0.717, 1.165) is 0 Å². The highest BCUT2D eigenvalue weighted by Gasteiger charge is 2.52. The van der Waals surface area contributed by atoms with Crippen molar-refractivity contribution < 1.29 is 23.6 Å². The van der Waals surface area contributed by atoms with Crippen molar-refractivity contribution in [3.8, 4) is 5.75 Å². The number of nitrogens with zero attached hydrogens (tertiary/aromatic N) is 1. The Hall–Kier alpha value is -1.07. The van der Waals surface area contributed by atoms with Crippen LogP contribution in [0.5, 0.6) is 5.75 Å². The Bertz CT molecular complexity index is 645. The molecule has 0 N–H and O–H groups in total. The maximum absolute atomic E-state index is 7.94. The van der Waals surface area contributed by atoms with Gasteiger partial charge in [-0.2, -0.15) is 0 Å². The predicted molar refractivity (Wildman–Crippen MR) is 75.7 cm³/mol. The van der Waals surface area contributed by atoms with Crippen molar-refractivity contribution in [2.45, 2.75) is 58.7 Å². The van der Waals surface area contributed by atoms with E-state index in [1.54, 1.807) is 0 Å². The third kappa shape index (κ3) is 2.93. The SMILES string of the molecule is [2H]C([2H])([2H])C([2H])(Oc1ccnc(B2OC(C)(C)C(C)(C)O2)c1)C([2H])([2H])[2H]. The molecule has 0 spiro atoms. The molecule has 0 atom stereocenters. The molecule has 1 saturated heterocycles. The summed E-state index contributed by atoms with van der Waals surface area (Å²) in [4.78, 5) is 4.13. The Kier molecular flexibility index (Phi) is 1.93. The van der Waals surface area contributed by atoms with Gasteiger partial charge in [-0.05, 0) is 53.5 Å². The summed E-state index contributed by atoms with van der Waals surface area (Å²) in [5.74, 6) is -0.119. The monoisotopic (exact) mass is 270 g/mol. The van der Waals surface area contributed by atoms with Crippen LogP contribution < -0.4 is 10.3 Å². The fraction of sp³-hybridized carbons (Fsp3) is 0.643. The second kappa shape index (κ2) is 4.80. The molecule has 1 aromatic heterocycles. The van der Waals surface area contributed by atoms with Crippen molar-refractivity contribution >= 4 is 12.7 Å². The lowest BCUT2D eigenvalue weighted by molar-refractivity contribution is 0.00578. The Morgan fingerprint density at radius 1 is 1.32 bits per heavy atom. The van der Waals surface area contributed by atoms with Gasteiger partial charge in [0.25, 0.3) is 0 Å². The topological polar surface area (TPSA) is 40.6 Å². The van der Waals surface area contributed by atoms with Crippen molar-refractivity contribution in [1.82, 2.24) is 4.98 Å². The lowest BCUT2D eigenvalue weighted by atomic mass is 9.84. The molecule has 0 aliphatic carbocycles. The van der Waals surface area contributed by atoms with E-state index in [0.29, 0.717) is 5.59 Å². The minimum atomic E-state index is -3.19. The first kappa shape index (κ1) is 7.65. The van der Waals surface area contributed by atoms with Gasteiger partial charge in [-0.15, -0.1) is 0 Å². The molecule has 0 radical (unpaired) electrons. The van der Waals surface area contributed by atoms with Crippen molar-refractivity contribution in [3.63, 3.8) is 0 Å². The average Bonchev–Trinajstić information content (AvgIpc) is 2.65. The molecular weight excluding hydrogens is 241 g/mol. The number of hydrogen-bond donors (Lipinski definition) is 0. The number of hydrogen-bond acceptors (Lipinski definition) is 4. The summed E-state index contributed by atoms with van der Waals surface area (Å²) in [6.07, 6.45) is -1.80. The molecule has 0 bridgehead atoms. The molecule has 104 valence electrons. The largest absolute Gasteiger partial charge is 0.514 e. The summed E-state index contributed by atoms with van der Waals surface area (Å²) >= 11 is 0. The van der Waals surface area contributed by atoms with Gasteiger partial charge < -0.3 is 14.0 Å². The minimum absolute atomic E-state index is 0.119. The average molecular weight is 270 g/mol. The molecule has 2 rings (SSSR count). The van der Waals surface area contributed by atoms with Gasteiger partial charge in [0.1, 0.15) is 5.75 Å². The zero-order chi connectivity index (χ0) is 20.2. The summed E-state index contributed by atoms with van der Waals surface area (Å²) in [5.41, 5.74) is -0.918. The van der Waals surface area contributed by atoms with E-state index >= 15 is 0 Å². The van der Waals surface area contributed by atoms with Crippen LogP contribution in [0.4, 0.5) is 0 Å². The van der Waals surface area contributed by atoms with Gasteiger partial charge in [0.2, 0.25) is 0 Å². The number of pyridine rings is 1. The van der Waals surface area contributed by atoms with E-state index in [1.165, 1.54) is 18.3 Å². The number of aromatic nitrogens is 1. The number of ether oxygens (including phenoxy) is 1. The van der Waals surface area contributed by atoms with Crippen molar-refractivity contribution in [3.05, 3.63) is 18.3 Å². The number of rotatable bonds is 3. The molecule has 4 nitrogen and oxygen atoms in total. The standard InChI is InChI=1S/C14H22BNO3/c1-10(2)17-11-7-8-16-12(9-11)15-18-13(3,4)14(5,6)19-15/h7-10H,1-6H3/i1D3,2D3,10D. The van der Waals surface area contributed by atoms with Crippen LogP contribution in [0.1, 0.15) is 51.0 Å². The summed E-state index contributed by atoms with van der Waals surface area (Å²) in [5, 5.41) is 0. The predicted octanol–water partition coefficient (Wildman–Crippen LogP) is 2.17. The van der Waals surface area contributed by atoms with Gasteiger partial charge in [0.05, 0.1) is 24.2 Å². The van der Waals surface area contributed by atoms with Crippen LogP contribution in [0.25, 0.3) is 0 Å². The van der Waals surface area contributed by atoms with Gasteiger partial charge in [0.15, 0.2) is 0 Å². The summed E-state index contributed by atoms with van der Waals surface area (Å²) in [7, 11) is -0.829. The molecule has 1 aromatic rings. The zero-order valence-corrected chi connectivity index (χ0v) is 11.5. The molecule has 0 unspecified atom stereocenters. The van der Waals surface area contributed by atoms with Crippen molar-refractivity contribution in [2.24, 2.45) is 0 Å². The normalized spacial score (nSPS) is 28.2. The molecule has 1 fully saturated rings. The van der Waals surface area contributed by atoms with Crippen LogP contribution in [-0.2, 0) is 9.31 Å². The third-order valence-electron chi connectivity index (χ3n) is 3.47. The highest BCUT2D eigenvalue weighted by molar-refractivity contribution is 6.61. The van der Waals surface area contributed by atoms with E-state index in [9.17, 15) is 0 Å². The zero-order valence-electron chi connectivity index (χ0n) is 18.5. The summed E-state index contributed by atoms with van der Waals surface area (Å²) in [6, 6.07) is 2.61. The van der Waals surface area contributed by atoms with Gasteiger partial charge >= 0.3 is 7.12 Å². The minimum Gasteiger partial charge on any atom is -0.491 e. The molecule has 19 heavy (non-hydrogen) atoms. The Morgan fingerprint density at radius 3 is 2.53 bits per heavy atom. The van der Waals surface area contributed by atoms with Crippen LogP contribution in [0.3, 0.4) is 0 Å². The van der Waals surface area contributed by atoms with Crippen LogP contribution in [0.15, 0.2) is 18.3 Å². The van der Waals surface area contributed by atoms with Gasteiger partial charge in [0, 0.05) is 14.4 Å². The second-order valence-corrected chi connectivity index (χ2v) is 5.44. The molecular formula is C14H22BNO3. The summed E-state index contributed by atoms with van der Waals surface area (Å²) < 4.78 is 69.3. The van der Waals surface area contributed by atoms with Crippen molar-refractivity contribution in [1.29, 1.82) is 0 Å². The second-order valence-electron chi connectivity index (χ2n) is 5.44. The molecule has 1 aliphatic heterocycles. The maximum atomic E-state index is 7.94. The van der Waals surface area contributed by atoms with Crippen LogP contribution in [-0.4, -0.2) is 29.4 Å². The molecule has 0 aromatic carbocycles. The lowest BCUT2D eigenvalue weighted by Gasteiger charge is -2.32. The van der Waals surface area contributed by atoms with E-state index < -0.39 is 38.1 Å². The smallest absolute Gasteiger partial charge is 0.491 e. The van der Waals surface area contributed by atoms with Gasteiger partial charge in [-0.3, -0.25) is 4.98 Å². The molecule has 0 saturated carbocycles. The Balaban J connectivity index is 2.33. The molecule has 5 heteroatoms. The van der Waals surface area contributed by atoms with Crippen LogP contribution >= 0.6 is 0 Å². The first-order valence-corrected chi connectivity index (χ1v) is 6.01. The Labute approximate surface area is 125 Å². The van der Waals surface area contributed by atoms with E-state index in [2.05, 4.69) is 4.98 Å².